The van der Waals surface area contributed by atoms with Gasteiger partial charge in [-0.1, -0.05) is 13.8 Å². The third-order valence-corrected chi connectivity index (χ3v) is 5.28. The monoisotopic (exact) mass is 383 g/mol. The van der Waals surface area contributed by atoms with E-state index in [0.29, 0.717) is 36.9 Å². The summed E-state index contributed by atoms with van der Waals surface area (Å²) in [6.07, 6.45) is 2.42. The highest BCUT2D eigenvalue weighted by Crippen LogP contribution is 2.37. The molecule has 7 heteroatoms. The quantitative estimate of drug-likeness (QED) is 0.839. The van der Waals surface area contributed by atoms with Gasteiger partial charge in [-0.05, 0) is 48.8 Å². The van der Waals surface area contributed by atoms with Gasteiger partial charge >= 0.3 is 0 Å². The van der Waals surface area contributed by atoms with Gasteiger partial charge in [-0.25, -0.2) is 4.39 Å². The van der Waals surface area contributed by atoms with E-state index in [1.807, 2.05) is 13.8 Å². The molecule has 0 radical (unpaired) electrons. The van der Waals surface area contributed by atoms with Gasteiger partial charge in [-0.15, -0.1) is 12.4 Å². The second kappa shape index (κ2) is 8.35. The molecular weight excluding hydrogens is 357 g/mol. The second-order valence-electron chi connectivity index (χ2n) is 7.72. The normalized spacial score (nSPS) is 24.3. The Hall–Kier alpha value is -1.66. The summed E-state index contributed by atoms with van der Waals surface area (Å²) in [6.45, 7) is 5.20. The van der Waals surface area contributed by atoms with Crippen molar-refractivity contribution in [2.45, 2.75) is 39.2 Å². The van der Waals surface area contributed by atoms with Crippen molar-refractivity contribution in [3.63, 3.8) is 0 Å². The molecule has 1 aromatic carbocycles. The number of nitrogens with two attached hydrogens (primary N) is 1. The lowest BCUT2D eigenvalue weighted by molar-refractivity contribution is -0.116. The van der Waals surface area contributed by atoms with Gasteiger partial charge in [0, 0.05) is 31.1 Å². The van der Waals surface area contributed by atoms with Crippen molar-refractivity contribution in [3.05, 3.63) is 29.6 Å². The molecule has 2 aliphatic rings. The largest absolute Gasteiger partial charge is 0.338 e. The molecule has 3 atom stereocenters. The standard InChI is InChI=1S/C19H26FN3O2.ClH/c1-11(2)7-18(24)22-17-6-4-12(8-15(17)20)19(25)23-9-13-3-5-16(21)14(13)10-23;/h4,6,8,11,13-14,16H,3,5,7,9-10,21H2,1-2H3,(H,22,24);1H. The SMILES string of the molecule is CC(C)CC(=O)Nc1ccc(C(=O)N2CC3CCC(N)C3C2)cc1F.Cl. The molecule has 3 rings (SSSR count). The van der Waals surface area contributed by atoms with Crippen LogP contribution >= 0.6 is 12.4 Å². The number of carbonyl (C=O) groups excluding carboxylic acids is 2. The number of carbonyl (C=O) groups is 2. The Balaban J connectivity index is 0.00000243. The molecule has 1 aliphatic carbocycles. The van der Waals surface area contributed by atoms with Crippen LogP contribution in [0.15, 0.2) is 18.2 Å². The van der Waals surface area contributed by atoms with Crippen LogP contribution in [0.3, 0.4) is 0 Å². The zero-order valence-corrected chi connectivity index (χ0v) is 16.0. The topological polar surface area (TPSA) is 75.4 Å². The highest BCUT2D eigenvalue weighted by Gasteiger charge is 2.42. The van der Waals surface area contributed by atoms with E-state index in [2.05, 4.69) is 5.32 Å². The summed E-state index contributed by atoms with van der Waals surface area (Å²) in [5.41, 5.74) is 6.53. The summed E-state index contributed by atoms with van der Waals surface area (Å²) >= 11 is 0. The zero-order chi connectivity index (χ0) is 18.1. The maximum absolute atomic E-state index is 14.3. The summed E-state index contributed by atoms with van der Waals surface area (Å²) in [4.78, 5) is 26.2. The molecule has 2 fully saturated rings. The fourth-order valence-corrected chi connectivity index (χ4v) is 3.98. The number of fused-ring (bicyclic) bond motifs is 1. The number of nitrogens with one attached hydrogen (secondary N) is 1. The van der Waals surface area contributed by atoms with Crippen molar-refractivity contribution in [1.29, 1.82) is 0 Å². The smallest absolute Gasteiger partial charge is 0.253 e. The molecule has 0 aromatic heterocycles. The lowest BCUT2D eigenvalue weighted by atomic mass is 9.98. The molecule has 1 aliphatic heterocycles. The van der Waals surface area contributed by atoms with Gasteiger partial charge in [0.25, 0.3) is 5.91 Å². The van der Waals surface area contributed by atoms with Crippen LogP contribution in [0.5, 0.6) is 0 Å². The number of nitrogens with zero attached hydrogens (tertiary/aromatic N) is 1. The fourth-order valence-electron chi connectivity index (χ4n) is 3.98. The van der Waals surface area contributed by atoms with E-state index in [-0.39, 0.29) is 41.9 Å². The minimum absolute atomic E-state index is 0. The molecule has 0 bridgehead atoms. The third-order valence-electron chi connectivity index (χ3n) is 5.28. The van der Waals surface area contributed by atoms with E-state index in [4.69, 9.17) is 5.73 Å². The minimum Gasteiger partial charge on any atom is -0.338 e. The predicted octanol–water partition coefficient (Wildman–Crippen LogP) is 3.04. The van der Waals surface area contributed by atoms with Crippen molar-refractivity contribution in [1.82, 2.24) is 4.90 Å². The van der Waals surface area contributed by atoms with Crippen molar-refractivity contribution in [2.75, 3.05) is 18.4 Å². The van der Waals surface area contributed by atoms with Crippen LogP contribution in [0.2, 0.25) is 0 Å². The highest BCUT2D eigenvalue weighted by molar-refractivity contribution is 5.96. The number of amides is 2. The highest BCUT2D eigenvalue weighted by atomic mass is 35.5. The summed E-state index contributed by atoms with van der Waals surface area (Å²) in [6, 6.07) is 4.41. The molecule has 1 saturated heterocycles. The van der Waals surface area contributed by atoms with Gasteiger partial charge in [-0.3, -0.25) is 9.59 Å². The molecule has 1 saturated carbocycles. The first-order valence-corrected chi connectivity index (χ1v) is 8.99. The van der Waals surface area contributed by atoms with Crippen molar-refractivity contribution < 1.29 is 14.0 Å². The summed E-state index contributed by atoms with van der Waals surface area (Å²) in [5.74, 6) is 0.0561. The number of rotatable bonds is 4. The molecule has 0 spiro atoms. The Morgan fingerprint density at radius 1 is 1.31 bits per heavy atom. The van der Waals surface area contributed by atoms with Crippen LogP contribution < -0.4 is 11.1 Å². The van der Waals surface area contributed by atoms with E-state index >= 15 is 0 Å². The predicted molar refractivity (Wildman–Crippen MR) is 102 cm³/mol. The Kier molecular flexibility index (Phi) is 6.64. The summed E-state index contributed by atoms with van der Waals surface area (Å²) in [7, 11) is 0. The first-order chi connectivity index (χ1) is 11.8. The van der Waals surface area contributed by atoms with E-state index in [1.165, 1.54) is 12.1 Å². The van der Waals surface area contributed by atoms with Crippen LogP contribution in [-0.4, -0.2) is 35.8 Å². The summed E-state index contributed by atoms with van der Waals surface area (Å²) < 4.78 is 14.3. The maximum Gasteiger partial charge on any atom is 0.253 e. The first-order valence-electron chi connectivity index (χ1n) is 8.99. The molecule has 3 unspecified atom stereocenters. The molecular formula is C19H27ClFN3O2. The number of hydrogen-bond donors (Lipinski definition) is 2. The Morgan fingerprint density at radius 3 is 2.65 bits per heavy atom. The molecule has 26 heavy (non-hydrogen) atoms. The van der Waals surface area contributed by atoms with E-state index < -0.39 is 5.82 Å². The van der Waals surface area contributed by atoms with Crippen LogP contribution in [0, 0.1) is 23.6 Å². The molecule has 3 N–H and O–H groups in total. The zero-order valence-electron chi connectivity index (χ0n) is 15.2. The maximum atomic E-state index is 14.3. The Morgan fingerprint density at radius 2 is 2.04 bits per heavy atom. The van der Waals surface area contributed by atoms with Gasteiger partial charge in [0.15, 0.2) is 0 Å². The number of likely N-dealkylation sites (tertiary alicyclic amines) is 1. The minimum atomic E-state index is -0.584. The fraction of sp³-hybridized carbons (Fsp3) is 0.579. The van der Waals surface area contributed by atoms with Crippen LogP contribution in [-0.2, 0) is 4.79 Å². The van der Waals surface area contributed by atoms with Gasteiger partial charge < -0.3 is 16.0 Å². The molecule has 5 nitrogen and oxygen atoms in total. The van der Waals surface area contributed by atoms with E-state index in [1.54, 1.807) is 11.0 Å². The average molecular weight is 384 g/mol. The van der Waals surface area contributed by atoms with Crippen LogP contribution in [0.25, 0.3) is 0 Å². The summed E-state index contributed by atoms with van der Waals surface area (Å²) in [5, 5.41) is 2.56. The second-order valence-corrected chi connectivity index (χ2v) is 7.72. The molecule has 1 heterocycles. The third kappa shape index (κ3) is 4.35. The van der Waals surface area contributed by atoms with Crippen LogP contribution in [0.4, 0.5) is 10.1 Å². The lowest BCUT2D eigenvalue weighted by Crippen LogP contribution is -2.33. The van der Waals surface area contributed by atoms with Gasteiger partial charge in [0.2, 0.25) is 5.91 Å². The Labute approximate surface area is 159 Å². The van der Waals surface area contributed by atoms with Gasteiger partial charge in [0.05, 0.1) is 5.69 Å². The average Bonchev–Trinajstić information content (AvgIpc) is 3.10. The molecule has 1 aromatic rings. The number of anilines is 1. The van der Waals surface area contributed by atoms with E-state index in [0.717, 1.165) is 12.8 Å². The molecule has 2 amide bonds. The van der Waals surface area contributed by atoms with Gasteiger partial charge in [-0.2, -0.15) is 0 Å². The lowest BCUT2D eigenvalue weighted by Gasteiger charge is -2.19. The van der Waals surface area contributed by atoms with Crippen LogP contribution in [0.1, 0.15) is 43.5 Å². The van der Waals surface area contributed by atoms with Crippen molar-refractivity contribution in [2.24, 2.45) is 23.5 Å². The van der Waals surface area contributed by atoms with Crippen molar-refractivity contribution in [3.8, 4) is 0 Å². The Bertz CT molecular complexity index is 683. The van der Waals surface area contributed by atoms with Crippen molar-refractivity contribution >= 4 is 29.9 Å². The number of benzene rings is 1. The van der Waals surface area contributed by atoms with E-state index in [9.17, 15) is 14.0 Å². The number of hydrogen-bond acceptors (Lipinski definition) is 3. The first kappa shape index (κ1) is 20.6. The van der Waals surface area contributed by atoms with Gasteiger partial charge in [0.1, 0.15) is 5.82 Å². The number of halogens is 2. The molecule has 144 valence electrons.